The van der Waals surface area contributed by atoms with Gasteiger partial charge in [-0.05, 0) is 44.5 Å². The highest BCUT2D eigenvalue weighted by molar-refractivity contribution is 14.0. The molecule has 1 fully saturated rings. The van der Waals surface area contributed by atoms with Crippen LogP contribution >= 0.6 is 24.0 Å². The molecule has 1 heterocycles. The highest BCUT2D eigenvalue weighted by atomic mass is 127. The van der Waals surface area contributed by atoms with E-state index in [2.05, 4.69) is 20.5 Å². The van der Waals surface area contributed by atoms with Crippen molar-refractivity contribution in [1.29, 1.82) is 0 Å². The Morgan fingerprint density at radius 2 is 2.08 bits per heavy atom. The highest BCUT2D eigenvalue weighted by Gasteiger charge is 2.24. The molecule has 1 aliphatic rings. The molecular formula is C18H29IN4O3. The third-order valence-corrected chi connectivity index (χ3v) is 4.00. The molecule has 1 unspecified atom stereocenters. The van der Waals surface area contributed by atoms with E-state index >= 15 is 0 Å². The number of aliphatic imine (C=N–C) groups is 1. The summed E-state index contributed by atoms with van der Waals surface area (Å²) in [5.41, 5.74) is 0.640. The van der Waals surface area contributed by atoms with E-state index in [1.807, 2.05) is 13.8 Å². The molecule has 7 nitrogen and oxygen atoms in total. The first kappa shape index (κ1) is 22.5. The van der Waals surface area contributed by atoms with Crippen LogP contribution in [0.1, 0.15) is 20.3 Å². The zero-order valence-corrected chi connectivity index (χ0v) is 17.7. The number of phenols is 1. The van der Waals surface area contributed by atoms with E-state index in [4.69, 9.17) is 4.74 Å². The van der Waals surface area contributed by atoms with E-state index < -0.39 is 0 Å². The van der Waals surface area contributed by atoms with Crippen LogP contribution in [0.4, 0.5) is 5.69 Å². The van der Waals surface area contributed by atoms with Crippen LogP contribution < -0.4 is 10.6 Å². The van der Waals surface area contributed by atoms with Gasteiger partial charge >= 0.3 is 0 Å². The molecule has 0 spiro atoms. The Kier molecular flexibility index (Phi) is 10.3. The maximum absolute atomic E-state index is 12.1. The van der Waals surface area contributed by atoms with E-state index in [1.54, 1.807) is 12.1 Å². The summed E-state index contributed by atoms with van der Waals surface area (Å²) in [6.07, 6.45) is 1.07. The van der Waals surface area contributed by atoms with Gasteiger partial charge in [0.15, 0.2) is 5.96 Å². The minimum absolute atomic E-state index is 0. The Hall–Kier alpha value is -1.55. The molecule has 0 radical (unpaired) electrons. The van der Waals surface area contributed by atoms with Gasteiger partial charge in [-0.25, -0.2) is 4.99 Å². The number of halogens is 1. The molecule has 3 N–H and O–H groups in total. The molecule has 1 amide bonds. The molecule has 1 aliphatic heterocycles. The van der Waals surface area contributed by atoms with Gasteiger partial charge in [0.2, 0.25) is 5.91 Å². The summed E-state index contributed by atoms with van der Waals surface area (Å²) in [7, 11) is 0. The van der Waals surface area contributed by atoms with E-state index in [-0.39, 0.29) is 42.2 Å². The molecule has 146 valence electrons. The first-order valence-corrected chi connectivity index (χ1v) is 8.82. The average molecular weight is 476 g/mol. The number of hydrogen-bond donors (Lipinski definition) is 3. The molecule has 0 aliphatic carbocycles. The summed E-state index contributed by atoms with van der Waals surface area (Å²) in [6.45, 7) is 8.15. The second-order valence-corrected chi connectivity index (χ2v) is 6.03. The van der Waals surface area contributed by atoms with E-state index in [1.165, 1.54) is 12.1 Å². The minimum Gasteiger partial charge on any atom is -0.508 e. The molecule has 0 aromatic heterocycles. The average Bonchev–Trinajstić information content (AvgIpc) is 3.07. The molecule has 26 heavy (non-hydrogen) atoms. The van der Waals surface area contributed by atoms with E-state index in [0.717, 1.165) is 45.2 Å². The Morgan fingerprint density at radius 1 is 1.35 bits per heavy atom. The number of anilines is 1. The fourth-order valence-corrected chi connectivity index (χ4v) is 2.76. The summed E-state index contributed by atoms with van der Waals surface area (Å²) in [5, 5.41) is 15.3. The lowest BCUT2D eigenvalue weighted by molar-refractivity contribution is -0.114. The number of benzene rings is 1. The number of carbonyl (C=O) groups is 1. The summed E-state index contributed by atoms with van der Waals surface area (Å²) < 4.78 is 5.51. The fraction of sp³-hybridized carbons (Fsp3) is 0.556. The third-order valence-electron chi connectivity index (χ3n) is 4.00. The number of carbonyl (C=O) groups excluding carboxylic acids is 1. The molecule has 1 aromatic rings. The predicted molar refractivity (Wildman–Crippen MR) is 114 cm³/mol. The number of ether oxygens (including phenoxy) is 1. The number of phenolic OH excluding ortho intramolecular Hbond substituents is 1. The topological polar surface area (TPSA) is 86.2 Å². The van der Waals surface area contributed by atoms with E-state index in [0.29, 0.717) is 11.6 Å². The van der Waals surface area contributed by atoms with Crippen molar-refractivity contribution < 1.29 is 14.6 Å². The van der Waals surface area contributed by atoms with Crippen LogP contribution in [0.15, 0.2) is 29.3 Å². The van der Waals surface area contributed by atoms with Crippen molar-refractivity contribution in [2.75, 3.05) is 44.7 Å². The van der Waals surface area contributed by atoms with Crippen molar-refractivity contribution in [2.45, 2.75) is 20.3 Å². The second-order valence-electron chi connectivity index (χ2n) is 6.03. The monoisotopic (exact) mass is 476 g/mol. The maximum atomic E-state index is 12.1. The van der Waals surface area contributed by atoms with Crippen LogP contribution in [0.2, 0.25) is 0 Å². The quantitative estimate of drug-likeness (QED) is 0.243. The van der Waals surface area contributed by atoms with Crippen molar-refractivity contribution in [2.24, 2.45) is 10.9 Å². The third kappa shape index (κ3) is 7.36. The number of rotatable bonds is 7. The summed E-state index contributed by atoms with van der Waals surface area (Å²) in [4.78, 5) is 18.7. The lowest BCUT2D eigenvalue weighted by atomic mass is 10.1. The van der Waals surface area contributed by atoms with Gasteiger partial charge in [0.25, 0.3) is 0 Å². The minimum atomic E-state index is -0.189. The van der Waals surface area contributed by atoms with Crippen molar-refractivity contribution in [3.63, 3.8) is 0 Å². The molecule has 1 aromatic carbocycles. The van der Waals surface area contributed by atoms with Crippen LogP contribution in [0.3, 0.4) is 0 Å². The molecule has 1 atom stereocenters. The zero-order chi connectivity index (χ0) is 18.1. The van der Waals surface area contributed by atoms with Crippen LogP contribution in [0, 0.1) is 5.92 Å². The zero-order valence-electron chi connectivity index (χ0n) is 15.4. The molecule has 1 saturated heterocycles. The largest absolute Gasteiger partial charge is 0.508 e. The van der Waals surface area contributed by atoms with E-state index in [9.17, 15) is 9.90 Å². The Balaban J connectivity index is 0.00000338. The molecule has 2 rings (SSSR count). The fourth-order valence-electron chi connectivity index (χ4n) is 2.76. The lowest BCUT2D eigenvalue weighted by Gasteiger charge is -2.21. The number of nitrogens with one attached hydrogen (secondary N) is 2. The number of aromatic hydroxyl groups is 1. The van der Waals surface area contributed by atoms with Crippen molar-refractivity contribution in [3.8, 4) is 5.75 Å². The predicted octanol–water partition coefficient (Wildman–Crippen LogP) is 2.27. The van der Waals surface area contributed by atoms with Gasteiger partial charge in [-0.2, -0.15) is 0 Å². The SMILES string of the molecule is CCNC(=NCC(=O)Nc1ccc(O)cc1)N1CCC(COCC)C1.I. The number of nitrogens with zero attached hydrogens (tertiary/aromatic N) is 2. The smallest absolute Gasteiger partial charge is 0.246 e. The Bertz CT molecular complexity index is 580. The van der Waals surface area contributed by atoms with Gasteiger partial charge in [-0.1, -0.05) is 0 Å². The van der Waals surface area contributed by atoms with Gasteiger partial charge in [0.05, 0.1) is 6.61 Å². The van der Waals surface area contributed by atoms with Crippen molar-refractivity contribution >= 4 is 41.5 Å². The Labute approximate surface area is 172 Å². The Morgan fingerprint density at radius 3 is 2.73 bits per heavy atom. The normalized spacial score (nSPS) is 16.9. The van der Waals surface area contributed by atoms with Gasteiger partial charge in [-0.3, -0.25) is 4.79 Å². The van der Waals surface area contributed by atoms with Gasteiger partial charge < -0.3 is 25.4 Å². The van der Waals surface area contributed by atoms with Crippen LogP contribution in [-0.2, 0) is 9.53 Å². The van der Waals surface area contributed by atoms with Crippen LogP contribution in [0.25, 0.3) is 0 Å². The molecule has 8 heteroatoms. The molecule has 0 saturated carbocycles. The summed E-state index contributed by atoms with van der Waals surface area (Å²) in [6, 6.07) is 6.37. The summed E-state index contributed by atoms with van der Waals surface area (Å²) in [5.74, 6) is 1.25. The van der Waals surface area contributed by atoms with Crippen LogP contribution in [0.5, 0.6) is 5.75 Å². The first-order valence-electron chi connectivity index (χ1n) is 8.82. The number of amides is 1. The first-order chi connectivity index (χ1) is 12.1. The second kappa shape index (κ2) is 11.9. The molecule has 0 bridgehead atoms. The number of guanidine groups is 1. The van der Waals surface area contributed by atoms with Gasteiger partial charge in [-0.15, -0.1) is 24.0 Å². The van der Waals surface area contributed by atoms with Gasteiger partial charge in [0.1, 0.15) is 12.3 Å². The van der Waals surface area contributed by atoms with Crippen LogP contribution in [-0.4, -0.2) is 61.3 Å². The summed E-state index contributed by atoms with van der Waals surface area (Å²) >= 11 is 0. The highest BCUT2D eigenvalue weighted by Crippen LogP contribution is 2.17. The number of hydrogen-bond acceptors (Lipinski definition) is 4. The van der Waals surface area contributed by atoms with Gasteiger partial charge in [0, 0.05) is 37.8 Å². The lowest BCUT2D eigenvalue weighted by Crippen LogP contribution is -2.40. The molecular weight excluding hydrogens is 447 g/mol. The van der Waals surface area contributed by atoms with Crippen molar-refractivity contribution in [3.05, 3.63) is 24.3 Å². The number of likely N-dealkylation sites (tertiary alicyclic amines) is 1. The standard InChI is InChI=1S/C18H28N4O3.HI/c1-3-19-18(22-10-9-14(12-22)13-25-4-2)20-11-17(24)21-15-5-7-16(23)8-6-15;/h5-8,14,23H,3-4,9-13H2,1-2H3,(H,19,20)(H,21,24);1H. The van der Waals surface area contributed by atoms with Crippen molar-refractivity contribution in [1.82, 2.24) is 10.2 Å². The maximum Gasteiger partial charge on any atom is 0.246 e.